The minimum Gasteiger partial charge on any atom is -0.493 e. The summed E-state index contributed by atoms with van der Waals surface area (Å²) in [6.45, 7) is 9.97. The van der Waals surface area contributed by atoms with Gasteiger partial charge in [0.1, 0.15) is 17.7 Å². The highest BCUT2D eigenvalue weighted by Gasteiger charge is 2.55. The van der Waals surface area contributed by atoms with Gasteiger partial charge in [-0.15, -0.1) is 0 Å². The molecule has 0 N–H and O–H groups in total. The third-order valence-corrected chi connectivity index (χ3v) is 10.7. The Balaban J connectivity index is 1.06. The van der Waals surface area contributed by atoms with E-state index in [0.29, 0.717) is 24.8 Å². The highest BCUT2D eigenvalue weighted by Crippen LogP contribution is 2.57. The average Bonchev–Trinajstić information content (AvgIpc) is 3.54. The molecule has 7 atom stereocenters. The topological polar surface area (TPSA) is 57.2 Å². The van der Waals surface area contributed by atoms with E-state index in [1.54, 1.807) is 12.1 Å². The fourth-order valence-electron chi connectivity index (χ4n) is 8.50. The highest BCUT2D eigenvalue weighted by atomic mass is 19.1. The van der Waals surface area contributed by atoms with Crippen molar-refractivity contribution in [3.63, 3.8) is 0 Å². The van der Waals surface area contributed by atoms with Crippen molar-refractivity contribution in [2.24, 2.45) is 29.1 Å². The second kappa shape index (κ2) is 10.6. The van der Waals surface area contributed by atoms with E-state index in [-0.39, 0.29) is 53.8 Å². The van der Waals surface area contributed by atoms with Crippen LogP contribution in [0.2, 0.25) is 0 Å². The van der Waals surface area contributed by atoms with E-state index in [0.717, 1.165) is 55.8 Å². The van der Waals surface area contributed by atoms with Crippen molar-refractivity contribution in [2.75, 3.05) is 33.0 Å². The molecule has 41 heavy (non-hydrogen) atoms. The molecule has 0 unspecified atom stereocenters. The van der Waals surface area contributed by atoms with Crippen LogP contribution < -0.4 is 14.2 Å². The summed E-state index contributed by atoms with van der Waals surface area (Å²) in [5.74, 6) is 2.98. The molecule has 2 aliphatic carbocycles. The number of hydrogen-bond acceptors (Lipinski definition) is 6. The summed E-state index contributed by atoms with van der Waals surface area (Å²) in [7, 11) is 0. The molecule has 0 amide bonds. The first-order valence-corrected chi connectivity index (χ1v) is 15.2. The third kappa shape index (κ3) is 5.11. The van der Waals surface area contributed by atoms with Crippen LogP contribution in [0.15, 0.2) is 54.6 Å². The van der Waals surface area contributed by atoms with Crippen LogP contribution in [-0.4, -0.2) is 50.0 Å². The Morgan fingerprint density at radius 1 is 1.15 bits per heavy atom. The van der Waals surface area contributed by atoms with Gasteiger partial charge in [0.05, 0.1) is 12.5 Å². The zero-order valence-corrected chi connectivity index (χ0v) is 23.9. The van der Waals surface area contributed by atoms with Crippen molar-refractivity contribution in [3.8, 4) is 17.2 Å². The fourth-order valence-corrected chi connectivity index (χ4v) is 8.50. The van der Waals surface area contributed by atoms with Crippen LogP contribution in [0, 0.1) is 34.9 Å². The second-order valence-corrected chi connectivity index (χ2v) is 13.2. The number of allylic oxidation sites excluding steroid dienone is 1. The lowest BCUT2D eigenvalue weighted by Crippen LogP contribution is -2.48. The Morgan fingerprint density at radius 3 is 2.83 bits per heavy atom. The predicted octanol–water partition coefficient (Wildman–Crippen LogP) is 6.35. The van der Waals surface area contributed by atoms with Gasteiger partial charge >= 0.3 is 5.97 Å². The molecule has 3 heterocycles. The molecule has 7 rings (SSSR count). The van der Waals surface area contributed by atoms with Gasteiger partial charge in [0.25, 0.3) is 0 Å². The zero-order chi connectivity index (χ0) is 28.1. The molecule has 0 bridgehead atoms. The normalized spacial score (nSPS) is 34.6. The first kappa shape index (κ1) is 26.8. The Hall–Kier alpha value is -3.06. The average molecular weight is 562 g/mol. The lowest BCUT2D eigenvalue weighted by molar-refractivity contribution is -0.146. The van der Waals surface area contributed by atoms with E-state index < -0.39 is 0 Å². The molecule has 2 aromatic carbocycles. The largest absolute Gasteiger partial charge is 0.493 e. The first-order valence-electron chi connectivity index (χ1n) is 15.2. The lowest BCUT2D eigenvalue weighted by Gasteiger charge is -2.50. The molecule has 2 saturated heterocycles. The molecule has 2 aromatic rings. The number of benzene rings is 2. The summed E-state index contributed by atoms with van der Waals surface area (Å²) >= 11 is 0. The van der Waals surface area contributed by atoms with E-state index in [4.69, 9.17) is 18.9 Å². The van der Waals surface area contributed by atoms with Gasteiger partial charge in [-0.3, -0.25) is 4.79 Å². The second-order valence-electron chi connectivity index (χ2n) is 13.2. The number of nitrogens with zero attached hydrogens (tertiary/aromatic N) is 1. The van der Waals surface area contributed by atoms with Crippen molar-refractivity contribution in [1.29, 1.82) is 0 Å². The Labute approximate surface area is 241 Å². The summed E-state index contributed by atoms with van der Waals surface area (Å²) in [5.41, 5.74) is 2.71. The van der Waals surface area contributed by atoms with Crippen LogP contribution >= 0.6 is 0 Å². The maximum absolute atomic E-state index is 13.7. The molecule has 5 aliphatic rings. The number of rotatable bonds is 6. The quantitative estimate of drug-likeness (QED) is 0.303. The molecule has 4 fully saturated rings. The summed E-state index contributed by atoms with van der Waals surface area (Å²) in [5, 5.41) is 0. The molecule has 2 saturated carbocycles. The maximum atomic E-state index is 13.7. The molecular formula is C34H40FNO5. The van der Waals surface area contributed by atoms with E-state index in [9.17, 15) is 9.18 Å². The number of ether oxygens (including phenoxy) is 4. The van der Waals surface area contributed by atoms with Gasteiger partial charge in [0, 0.05) is 31.0 Å². The first-order chi connectivity index (χ1) is 19.9. The SMILES string of the molecule is C=C1CCC[C@]2(C)C[C@H]3OC(=O)[C@H](CN4CC[C@@H](c5ccc(F)cc5)[C@@H](COc5ccc6c(c5)OCO6)C4)[C@H]3C[C@@H]12. The predicted molar refractivity (Wildman–Crippen MR) is 152 cm³/mol. The van der Waals surface area contributed by atoms with Gasteiger partial charge in [-0.25, -0.2) is 4.39 Å². The fraction of sp³-hybridized carbons (Fsp3) is 0.559. The van der Waals surface area contributed by atoms with Gasteiger partial charge in [-0.2, -0.15) is 0 Å². The van der Waals surface area contributed by atoms with Crippen molar-refractivity contribution in [2.45, 2.75) is 57.5 Å². The van der Waals surface area contributed by atoms with Crippen LogP contribution in [0.1, 0.15) is 56.9 Å². The molecule has 3 aliphatic heterocycles. The molecule has 6 nitrogen and oxygen atoms in total. The minimum absolute atomic E-state index is 0.0262. The zero-order valence-electron chi connectivity index (χ0n) is 23.9. The van der Waals surface area contributed by atoms with Crippen LogP contribution in [0.4, 0.5) is 4.39 Å². The van der Waals surface area contributed by atoms with Gasteiger partial charge in [-0.05, 0) is 92.1 Å². The summed E-state index contributed by atoms with van der Waals surface area (Å²) < 4.78 is 37.1. The van der Waals surface area contributed by atoms with Gasteiger partial charge < -0.3 is 23.8 Å². The molecule has 0 aromatic heterocycles. The maximum Gasteiger partial charge on any atom is 0.310 e. The minimum atomic E-state index is -0.224. The smallest absolute Gasteiger partial charge is 0.310 e. The molecule has 218 valence electrons. The number of halogens is 1. The number of fused-ring (bicyclic) bond motifs is 3. The molecule has 0 spiro atoms. The number of esters is 1. The van der Waals surface area contributed by atoms with Crippen molar-refractivity contribution < 1.29 is 28.1 Å². The standard InChI is InChI=1S/C34H40FNO5/c1-21-4-3-12-34(2)16-32-27(15-29(21)34)28(33(37)41-32)18-36-13-11-26(22-5-7-24(35)8-6-22)23(17-36)19-38-25-9-10-30-31(14-25)40-20-39-30/h5-10,14,23,26-29,32H,1,3-4,11-13,15-20H2,2H3/t23-,26+,27-,28-,29+,32-,34-/m1/s1. The van der Waals surface area contributed by atoms with E-state index in [2.05, 4.69) is 18.4 Å². The van der Waals surface area contributed by atoms with Crippen molar-refractivity contribution in [3.05, 3.63) is 66.0 Å². The molecule has 7 heteroatoms. The Kier molecular flexibility index (Phi) is 6.96. The number of carbonyl (C=O) groups is 1. The van der Waals surface area contributed by atoms with Crippen LogP contribution in [0.5, 0.6) is 17.2 Å². The highest BCUT2D eigenvalue weighted by molar-refractivity contribution is 5.75. The third-order valence-electron chi connectivity index (χ3n) is 10.7. The van der Waals surface area contributed by atoms with Gasteiger partial charge in [-0.1, -0.05) is 31.2 Å². The number of hydrogen-bond donors (Lipinski definition) is 0. The molecule has 0 radical (unpaired) electrons. The summed E-state index contributed by atoms with van der Waals surface area (Å²) in [6.07, 6.45) is 6.43. The van der Waals surface area contributed by atoms with Crippen LogP contribution in [0.3, 0.4) is 0 Å². The van der Waals surface area contributed by atoms with Gasteiger partial charge in [0.2, 0.25) is 6.79 Å². The summed E-state index contributed by atoms with van der Waals surface area (Å²) in [6, 6.07) is 12.5. The van der Waals surface area contributed by atoms with E-state index in [1.165, 1.54) is 18.4 Å². The van der Waals surface area contributed by atoms with Crippen LogP contribution in [0.25, 0.3) is 0 Å². The number of likely N-dealkylation sites (tertiary alicyclic amines) is 1. The van der Waals surface area contributed by atoms with Crippen molar-refractivity contribution >= 4 is 5.97 Å². The Bertz CT molecular complexity index is 1310. The summed E-state index contributed by atoms with van der Waals surface area (Å²) in [4.78, 5) is 15.7. The monoisotopic (exact) mass is 561 g/mol. The molecular weight excluding hydrogens is 521 g/mol. The van der Waals surface area contributed by atoms with Crippen LogP contribution in [-0.2, 0) is 9.53 Å². The van der Waals surface area contributed by atoms with E-state index >= 15 is 0 Å². The Morgan fingerprint density at radius 2 is 1.98 bits per heavy atom. The van der Waals surface area contributed by atoms with Gasteiger partial charge in [0.15, 0.2) is 11.5 Å². The van der Waals surface area contributed by atoms with Crippen molar-refractivity contribution in [1.82, 2.24) is 4.90 Å². The number of carbonyl (C=O) groups excluding carboxylic acids is 1. The number of piperidine rings is 1. The van der Waals surface area contributed by atoms with E-state index in [1.807, 2.05) is 30.3 Å². The lowest BCUT2D eigenvalue weighted by atomic mass is 9.55.